The summed E-state index contributed by atoms with van der Waals surface area (Å²) in [7, 11) is 0. The van der Waals surface area contributed by atoms with Gasteiger partial charge < -0.3 is 0 Å². The fraction of sp³-hybridized carbons (Fsp3) is 0.579. The second kappa shape index (κ2) is 6.98. The molecule has 2 rings (SSSR count). The zero-order chi connectivity index (χ0) is 15.5. The van der Waals surface area contributed by atoms with Gasteiger partial charge in [0.05, 0.1) is 0 Å². The van der Waals surface area contributed by atoms with Crippen LogP contribution in [0.2, 0.25) is 5.02 Å². The van der Waals surface area contributed by atoms with Crippen molar-refractivity contribution in [3.63, 3.8) is 0 Å². The van der Waals surface area contributed by atoms with Crippen molar-refractivity contribution in [1.82, 2.24) is 4.90 Å². The first-order chi connectivity index (χ1) is 9.95. The molecule has 0 fully saturated rings. The van der Waals surface area contributed by atoms with Gasteiger partial charge in [-0.1, -0.05) is 57.0 Å². The van der Waals surface area contributed by atoms with Crippen molar-refractivity contribution in [2.45, 2.75) is 47.0 Å². The van der Waals surface area contributed by atoms with Crippen LogP contribution in [-0.4, -0.2) is 24.5 Å². The third-order valence-corrected chi connectivity index (χ3v) is 4.92. The van der Waals surface area contributed by atoms with Gasteiger partial charge in [0.2, 0.25) is 0 Å². The van der Waals surface area contributed by atoms with Gasteiger partial charge in [0.25, 0.3) is 0 Å². The molecule has 2 heteroatoms. The van der Waals surface area contributed by atoms with Crippen LogP contribution >= 0.6 is 11.6 Å². The highest BCUT2D eigenvalue weighted by molar-refractivity contribution is 6.30. The molecule has 1 aliphatic carbocycles. The number of hydrogen-bond acceptors (Lipinski definition) is 1. The maximum absolute atomic E-state index is 6.04. The fourth-order valence-electron chi connectivity index (χ4n) is 3.28. The van der Waals surface area contributed by atoms with Crippen molar-refractivity contribution in [1.29, 1.82) is 0 Å². The van der Waals surface area contributed by atoms with Gasteiger partial charge in [0, 0.05) is 11.6 Å². The van der Waals surface area contributed by atoms with E-state index in [-0.39, 0.29) is 0 Å². The van der Waals surface area contributed by atoms with Crippen LogP contribution in [0.25, 0.3) is 5.57 Å². The van der Waals surface area contributed by atoms with Crippen molar-refractivity contribution >= 4 is 17.2 Å². The standard InChI is InChI=1S/C19H28ClN/c1-5-21(6-2)14-16-13-19(3,4)12-11-18(16)15-7-9-17(20)10-8-15/h7-10H,5-6,11-14H2,1-4H3. The van der Waals surface area contributed by atoms with Crippen molar-refractivity contribution < 1.29 is 0 Å². The van der Waals surface area contributed by atoms with Crippen LogP contribution in [0.5, 0.6) is 0 Å². The molecule has 21 heavy (non-hydrogen) atoms. The number of halogens is 1. The van der Waals surface area contributed by atoms with Crippen molar-refractivity contribution in [3.8, 4) is 0 Å². The molecule has 0 N–H and O–H groups in total. The first-order valence-electron chi connectivity index (χ1n) is 8.14. The van der Waals surface area contributed by atoms with E-state index in [0.717, 1.165) is 24.7 Å². The van der Waals surface area contributed by atoms with E-state index in [9.17, 15) is 0 Å². The second-order valence-corrected chi connectivity index (χ2v) is 7.33. The van der Waals surface area contributed by atoms with Gasteiger partial charge in [-0.15, -0.1) is 0 Å². The van der Waals surface area contributed by atoms with E-state index in [1.165, 1.54) is 24.8 Å². The molecule has 0 aliphatic heterocycles. The normalized spacial score (nSPS) is 18.4. The lowest BCUT2D eigenvalue weighted by molar-refractivity contribution is 0.283. The zero-order valence-electron chi connectivity index (χ0n) is 13.9. The average Bonchev–Trinajstić information content (AvgIpc) is 2.45. The minimum atomic E-state index is 0.429. The molecule has 0 aromatic heterocycles. The minimum Gasteiger partial charge on any atom is -0.300 e. The molecule has 116 valence electrons. The molecule has 1 nitrogen and oxygen atoms in total. The Morgan fingerprint density at radius 2 is 1.71 bits per heavy atom. The summed E-state index contributed by atoms with van der Waals surface area (Å²) in [5.41, 5.74) is 4.96. The highest BCUT2D eigenvalue weighted by Crippen LogP contribution is 2.42. The Balaban J connectivity index is 2.34. The summed E-state index contributed by atoms with van der Waals surface area (Å²) in [6.07, 6.45) is 3.67. The number of benzene rings is 1. The van der Waals surface area contributed by atoms with Crippen LogP contribution in [0.3, 0.4) is 0 Å². The van der Waals surface area contributed by atoms with E-state index >= 15 is 0 Å². The Labute approximate surface area is 135 Å². The van der Waals surface area contributed by atoms with Crippen molar-refractivity contribution in [3.05, 3.63) is 40.4 Å². The van der Waals surface area contributed by atoms with Crippen molar-refractivity contribution in [2.75, 3.05) is 19.6 Å². The zero-order valence-corrected chi connectivity index (χ0v) is 14.6. The third-order valence-electron chi connectivity index (χ3n) is 4.67. The van der Waals surface area contributed by atoms with Crippen LogP contribution in [0.4, 0.5) is 0 Å². The summed E-state index contributed by atoms with van der Waals surface area (Å²) < 4.78 is 0. The SMILES string of the molecule is CCN(CC)CC1=C(c2ccc(Cl)cc2)CCC(C)(C)C1. The monoisotopic (exact) mass is 305 g/mol. The fourth-order valence-corrected chi connectivity index (χ4v) is 3.41. The third kappa shape index (κ3) is 4.34. The molecular weight excluding hydrogens is 278 g/mol. The maximum Gasteiger partial charge on any atom is 0.0406 e. The molecule has 0 bridgehead atoms. The second-order valence-electron chi connectivity index (χ2n) is 6.89. The quantitative estimate of drug-likeness (QED) is 0.680. The van der Waals surface area contributed by atoms with E-state index in [2.05, 4.69) is 44.7 Å². The van der Waals surface area contributed by atoms with Gasteiger partial charge in [-0.3, -0.25) is 4.90 Å². The van der Waals surface area contributed by atoms with E-state index in [1.807, 2.05) is 12.1 Å². The maximum atomic E-state index is 6.04. The van der Waals surface area contributed by atoms with Crippen LogP contribution in [0, 0.1) is 5.41 Å². The Bertz CT molecular complexity index is 495. The van der Waals surface area contributed by atoms with Gasteiger partial charge in [0.1, 0.15) is 0 Å². The molecule has 0 heterocycles. The van der Waals surface area contributed by atoms with Gasteiger partial charge in [-0.25, -0.2) is 0 Å². The summed E-state index contributed by atoms with van der Waals surface area (Å²) in [4.78, 5) is 2.52. The largest absolute Gasteiger partial charge is 0.300 e. The molecule has 1 aliphatic rings. The molecule has 0 radical (unpaired) electrons. The van der Waals surface area contributed by atoms with Crippen LogP contribution in [0.15, 0.2) is 29.8 Å². The number of nitrogens with zero attached hydrogens (tertiary/aromatic N) is 1. The molecule has 0 saturated carbocycles. The lowest BCUT2D eigenvalue weighted by Gasteiger charge is -2.35. The first-order valence-corrected chi connectivity index (χ1v) is 8.52. The van der Waals surface area contributed by atoms with E-state index in [0.29, 0.717) is 5.41 Å². The van der Waals surface area contributed by atoms with Crippen molar-refractivity contribution in [2.24, 2.45) is 5.41 Å². The van der Waals surface area contributed by atoms with Crippen LogP contribution in [0.1, 0.15) is 52.5 Å². The summed E-state index contributed by atoms with van der Waals surface area (Å²) in [5, 5.41) is 0.820. The van der Waals surface area contributed by atoms with E-state index in [1.54, 1.807) is 11.1 Å². The summed E-state index contributed by atoms with van der Waals surface area (Å²) in [5.74, 6) is 0. The highest BCUT2D eigenvalue weighted by Gasteiger charge is 2.28. The van der Waals surface area contributed by atoms with E-state index < -0.39 is 0 Å². The van der Waals surface area contributed by atoms with Crippen LogP contribution in [-0.2, 0) is 0 Å². The summed E-state index contributed by atoms with van der Waals surface area (Å²) in [6, 6.07) is 8.38. The number of hydrogen-bond donors (Lipinski definition) is 0. The summed E-state index contributed by atoms with van der Waals surface area (Å²) >= 11 is 6.04. The Morgan fingerprint density at radius 3 is 2.29 bits per heavy atom. The first kappa shape index (κ1) is 16.6. The van der Waals surface area contributed by atoms with Gasteiger partial charge in [0.15, 0.2) is 0 Å². The summed E-state index contributed by atoms with van der Waals surface area (Å²) in [6.45, 7) is 12.6. The average molecular weight is 306 g/mol. The lowest BCUT2D eigenvalue weighted by Crippen LogP contribution is -2.29. The molecule has 0 spiro atoms. The lowest BCUT2D eigenvalue weighted by atomic mass is 9.73. The van der Waals surface area contributed by atoms with Gasteiger partial charge >= 0.3 is 0 Å². The molecule has 0 amide bonds. The number of allylic oxidation sites excluding steroid dienone is 1. The van der Waals surface area contributed by atoms with Gasteiger partial charge in [-0.05, 0) is 61.0 Å². The van der Waals surface area contributed by atoms with Gasteiger partial charge in [-0.2, -0.15) is 0 Å². The minimum absolute atomic E-state index is 0.429. The molecule has 1 aromatic rings. The molecular formula is C19H28ClN. The highest BCUT2D eigenvalue weighted by atomic mass is 35.5. The molecule has 0 saturated heterocycles. The molecule has 0 unspecified atom stereocenters. The Hall–Kier alpha value is -0.790. The molecule has 0 atom stereocenters. The number of likely N-dealkylation sites (N-methyl/N-ethyl adjacent to an activating group) is 1. The topological polar surface area (TPSA) is 3.24 Å². The predicted molar refractivity (Wildman–Crippen MR) is 93.8 cm³/mol. The Morgan fingerprint density at radius 1 is 1.10 bits per heavy atom. The van der Waals surface area contributed by atoms with Crippen LogP contribution < -0.4 is 0 Å². The number of rotatable bonds is 5. The molecule has 1 aromatic carbocycles. The Kier molecular flexibility index (Phi) is 5.51. The predicted octanol–water partition coefficient (Wildman–Crippen LogP) is 5.65. The van der Waals surface area contributed by atoms with E-state index in [4.69, 9.17) is 11.6 Å². The smallest absolute Gasteiger partial charge is 0.0406 e.